The maximum atomic E-state index is 12.7. The van der Waals surface area contributed by atoms with Crippen molar-refractivity contribution in [1.82, 2.24) is 0 Å². The van der Waals surface area contributed by atoms with Crippen molar-refractivity contribution in [3.05, 3.63) is 109 Å². The summed E-state index contributed by atoms with van der Waals surface area (Å²) in [4.78, 5) is 37.6. The second-order valence-electron chi connectivity index (χ2n) is 14.0. The molecule has 1 unspecified atom stereocenters. The number of hydrogen-bond donors (Lipinski definition) is 0. The molecule has 0 rings (SSSR count). The quantitative estimate of drug-likeness (QED) is 0.0206. The molecular weight excluding hydrogens is 697 g/mol. The van der Waals surface area contributed by atoms with Gasteiger partial charge in [0.05, 0.1) is 0 Å². The molecule has 0 aliphatic carbocycles. The second-order valence-corrected chi connectivity index (χ2v) is 14.0. The molecule has 6 heteroatoms. The highest BCUT2D eigenvalue weighted by Crippen LogP contribution is 2.12. The molecule has 0 heterocycles. The van der Waals surface area contributed by atoms with Gasteiger partial charge < -0.3 is 14.2 Å². The summed E-state index contributed by atoms with van der Waals surface area (Å²) < 4.78 is 16.6. The number of rotatable bonds is 37. The van der Waals surface area contributed by atoms with E-state index in [-0.39, 0.29) is 31.6 Å². The smallest absolute Gasteiger partial charge is 0.306 e. The minimum Gasteiger partial charge on any atom is -0.462 e. The largest absolute Gasteiger partial charge is 0.462 e. The lowest BCUT2D eigenvalue weighted by molar-refractivity contribution is -0.167. The molecule has 0 spiro atoms. The summed E-state index contributed by atoms with van der Waals surface area (Å²) in [6, 6.07) is 0. The van der Waals surface area contributed by atoms with Gasteiger partial charge in [-0.1, -0.05) is 188 Å². The number of esters is 3. The van der Waals surface area contributed by atoms with Crippen LogP contribution in [0, 0.1) is 0 Å². The Labute approximate surface area is 342 Å². The molecule has 0 saturated heterocycles. The van der Waals surface area contributed by atoms with Gasteiger partial charge in [0.15, 0.2) is 6.10 Å². The molecule has 0 bridgehead atoms. The van der Waals surface area contributed by atoms with Crippen LogP contribution < -0.4 is 0 Å². The minimum absolute atomic E-state index is 0.119. The lowest BCUT2D eigenvalue weighted by Crippen LogP contribution is -2.30. The molecule has 0 aliphatic heterocycles. The van der Waals surface area contributed by atoms with E-state index in [0.717, 1.165) is 83.5 Å². The van der Waals surface area contributed by atoms with E-state index in [2.05, 4.69) is 75.5 Å². The summed E-state index contributed by atoms with van der Waals surface area (Å²) in [7, 11) is 0. The molecule has 0 aromatic heterocycles. The van der Waals surface area contributed by atoms with Crippen molar-refractivity contribution >= 4 is 17.9 Å². The minimum atomic E-state index is -0.826. The van der Waals surface area contributed by atoms with Gasteiger partial charge in [0.25, 0.3) is 0 Å². The van der Waals surface area contributed by atoms with Gasteiger partial charge in [-0.3, -0.25) is 14.4 Å². The summed E-state index contributed by atoms with van der Waals surface area (Å²) in [5.41, 5.74) is 0. The molecular formula is C50H78O6. The van der Waals surface area contributed by atoms with Gasteiger partial charge in [0.2, 0.25) is 0 Å². The van der Waals surface area contributed by atoms with Crippen molar-refractivity contribution in [2.24, 2.45) is 0 Å². The zero-order chi connectivity index (χ0) is 40.8. The van der Waals surface area contributed by atoms with E-state index >= 15 is 0 Å². The highest BCUT2D eigenvalue weighted by molar-refractivity contribution is 5.71. The molecule has 0 radical (unpaired) electrons. The first-order chi connectivity index (χ1) is 27.5. The second kappa shape index (κ2) is 43.8. The average molecular weight is 775 g/mol. The van der Waals surface area contributed by atoms with Crippen LogP contribution in [0.4, 0.5) is 0 Å². The molecule has 0 aromatic rings. The van der Waals surface area contributed by atoms with Crippen molar-refractivity contribution < 1.29 is 28.6 Å². The third-order valence-corrected chi connectivity index (χ3v) is 8.65. The van der Waals surface area contributed by atoms with Gasteiger partial charge in [0.1, 0.15) is 13.2 Å². The molecule has 0 aliphatic rings. The lowest BCUT2D eigenvalue weighted by atomic mass is 10.1. The predicted molar refractivity (Wildman–Crippen MR) is 237 cm³/mol. The van der Waals surface area contributed by atoms with E-state index in [1.165, 1.54) is 38.5 Å². The van der Waals surface area contributed by atoms with Crippen LogP contribution >= 0.6 is 0 Å². The maximum absolute atomic E-state index is 12.7. The first-order valence-electron chi connectivity index (χ1n) is 22.0. The van der Waals surface area contributed by atoms with Crippen LogP contribution in [0.15, 0.2) is 109 Å². The highest BCUT2D eigenvalue weighted by Gasteiger charge is 2.19. The van der Waals surface area contributed by atoms with Crippen LogP contribution in [-0.4, -0.2) is 37.2 Å². The third-order valence-electron chi connectivity index (χ3n) is 8.65. The third kappa shape index (κ3) is 41.2. The first-order valence-corrected chi connectivity index (χ1v) is 22.0. The zero-order valence-corrected chi connectivity index (χ0v) is 35.6. The lowest BCUT2D eigenvalue weighted by Gasteiger charge is -2.18. The number of carbonyl (C=O) groups is 3. The zero-order valence-electron chi connectivity index (χ0n) is 35.6. The van der Waals surface area contributed by atoms with Crippen LogP contribution in [0.3, 0.4) is 0 Å². The fourth-order valence-electron chi connectivity index (χ4n) is 5.40. The number of ether oxygens (including phenoxy) is 3. The van der Waals surface area contributed by atoms with Crippen LogP contribution in [0.1, 0.15) is 168 Å². The van der Waals surface area contributed by atoms with Crippen molar-refractivity contribution in [3.8, 4) is 0 Å². The Morgan fingerprint density at radius 2 is 0.804 bits per heavy atom. The summed E-state index contributed by atoms with van der Waals surface area (Å²) in [5.74, 6) is -1.04. The van der Waals surface area contributed by atoms with Gasteiger partial charge >= 0.3 is 17.9 Å². The Bertz CT molecular complexity index is 1210. The Balaban J connectivity index is 4.56. The van der Waals surface area contributed by atoms with Gasteiger partial charge in [-0.25, -0.2) is 0 Å². The molecule has 0 saturated carbocycles. The standard InChI is InChI=1S/C50H78O6/c1-4-7-10-13-16-19-21-23-24-25-27-28-31-34-37-40-43-49(52)55-46-47(45-54-48(51)42-39-36-33-30-18-15-12-9-6-3)56-50(53)44-41-38-35-32-29-26-22-20-17-14-11-8-5-2/h7-8,10-11,14,16-17,19-20,22-24,26-29,32,35,47H,4-6,9,12-13,15,18,21,25,30-31,33-34,36-46H2,1-3H3/b10-7-,11-8-,17-14-,19-16-,22-20-,24-23-,28-27-,29-26-,35-32-. The average Bonchev–Trinajstić information content (AvgIpc) is 3.19. The maximum Gasteiger partial charge on any atom is 0.306 e. The molecule has 6 nitrogen and oxygen atoms in total. The summed E-state index contributed by atoms with van der Waals surface area (Å²) >= 11 is 0. The van der Waals surface area contributed by atoms with Crippen molar-refractivity contribution in [2.45, 2.75) is 175 Å². The molecule has 314 valence electrons. The van der Waals surface area contributed by atoms with Crippen LogP contribution in [0.2, 0.25) is 0 Å². The Hall–Kier alpha value is -3.93. The molecule has 1 atom stereocenters. The molecule has 0 amide bonds. The van der Waals surface area contributed by atoms with Crippen molar-refractivity contribution in [3.63, 3.8) is 0 Å². The van der Waals surface area contributed by atoms with E-state index in [0.29, 0.717) is 19.3 Å². The summed E-state index contributed by atoms with van der Waals surface area (Å²) in [6.45, 7) is 6.23. The number of carbonyl (C=O) groups excluding carboxylic acids is 3. The van der Waals surface area contributed by atoms with Crippen LogP contribution in [0.25, 0.3) is 0 Å². The van der Waals surface area contributed by atoms with Gasteiger partial charge in [-0.15, -0.1) is 0 Å². The van der Waals surface area contributed by atoms with E-state index in [1.54, 1.807) is 0 Å². The fourth-order valence-corrected chi connectivity index (χ4v) is 5.40. The first kappa shape index (κ1) is 52.1. The topological polar surface area (TPSA) is 78.9 Å². The number of unbranched alkanes of at least 4 members (excludes halogenated alkanes) is 12. The van der Waals surface area contributed by atoms with Crippen LogP contribution in [-0.2, 0) is 28.6 Å². The normalized spacial score (nSPS) is 13.1. The van der Waals surface area contributed by atoms with Gasteiger partial charge in [0, 0.05) is 19.3 Å². The SMILES string of the molecule is CC\C=C/C=C\C=C/C=C\C=C/CCCC(=O)OC(COC(=O)CCCCC/C=C\C/C=C\C/C=C\C/C=C\CC)COC(=O)CCCCCCCCCCC. The van der Waals surface area contributed by atoms with E-state index in [4.69, 9.17) is 14.2 Å². The Kier molecular flexibility index (Phi) is 40.7. The van der Waals surface area contributed by atoms with E-state index in [1.807, 2.05) is 54.7 Å². The van der Waals surface area contributed by atoms with Crippen LogP contribution in [0.5, 0.6) is 0 Å². The van der Waals surface area contributed by atoms with E-state index in [9.17, 15) is 14.4 Å². The molecule has 0 aromatic carbocycles. The molecule has 56 heavy (non-hydrogen) atoms. The van der Waals surface area contributed by atoms with Crippen molar-refractivity contribution in [1.29, 1.82) is 0 Å². The summed E-state index contributed by atoms with van der Waals surface area (Å²) in [5, 5.41) is 0. The van der Waals surface area contributed by atoms with E-state index < -0.39 is 12.1 Å². The van der Waals surface area contributed by atoms with Crippen molar-refractivity contribution in [2.75, 3.05) is 13.2 Å². The molecule has 0 N–H and O–H groups in total. The molecule has 0 fully saturated rings. The fraction of sp³-hybridized carbons (Fsp3) is 0.580. The highest BCUT2D eigenvalue weighted by atomic mass is 16.6. The monoisotopic (exact) mass is 775 g/mol. The predicted octanol–water partition coefficient (Wildman–Crippen LogP) is 14.0. The Morgan fingerprint density at radius 1 is 0.393 bits per heavy atom. The van der Waals surface area contributed by atoms with Gasteiger partial charge in [-0.2, -0.15) is 0 Å². The Morgan fingerprint density at radius 3 is 1.34 bits per heavy atom. The number of hydrogen-bond acceptors (Lipinski definition) is 6. The summed E-state index contributed by atoms with van der Waals surface area (Å²) in [6.07, 6.45) is 58.0. The number of allylic oxidation sites excluding steroid dienone is 18. The van der Waals surface area contributed by atoms with Gasteiger partial charge in [-0.05, 0) is 70.6 Å².